The van der Waals surface area contributed by atoms with Gasteiger partial charge in [-0.2, -0.15) is 0 Å². The van der Waals surface area contributed by atoms with Crippen molar-refractivity contribution in [3.8, 4) is 11.5 Å². The molecule has 2 rings (SSSR count). The monoisotopic (exact) mass is 385 g/mol. The lowest BCUT2D eigenvalue weighted by Crippen LogP contribution is -2.13. The Morgan fingerprint density at radius 2 is 1.59 bits per heavy atom. The van der Waals surface area contributed by atoms with E-state index in [4.69, 9.17) is 9.47 Å². The summed E-state index contributed by atoms with van der Waals surface area (Å²) in [5, 5.41) is 0. The molecule has 0 fully saturated rings. The average Bonchev–Trinajstić information content (AvgIpc) is 2.48. The second-order valence-corrected chi connectivity index (χ2v) is 7.15. The molecule has 0 aliphatic rings. The Morgan fingerprint density at radius 3 is 2.09 bits per heavy atom. The molecule has 0 saturated heterocycles. The van der Waals surface area contributed by atoms with Gasteiger partial charge in [-0.05, 0) is 30.7 Å². The van der Waals surface area contributed by atoms with Crippen LogP contribution in [0.5, 0.6) is 11.5 Å². The van der Waals surface area contributed by atoms with Gasteiger partial charge >= 0.3 is 0 Å². The predicted octanol–water partition coefficient (Wildman–Crippen LogP) is 3.58. The van der Waals surface area contributed by atoms with Gasteiger partial charge in [0.25, 0.3) is 10.0 Å². The molecule has 0 amide bonds. The highest BCUT2D eigenvalue weighted by Gasteiger charge is 2.16. The number of halogens is 1. The molecule has 0 heterocycles. The van der Waals surface area contributed by atoms with Crippen molar-refractivity contribution in [2.75, 3.05) is 18.9 Å². The van der Waals surface area contributed by atoms with Crippen LogP contribution in [0.3, 0.4) is 0 Å². The molecule has 0 unspecified atom stereocenters. The highest BCUT2D eigenvalue weighted by Crippen LogP contribution is 2.28. The third-order valence-corrected chi connectivity index (χ3v) is 5.31. The normalized spacial score (nSPS) is 11.1. The molecule has 0 atom stereocenters. The minimum Gasteiger partial charge on any atom is -0.497 e. The second-order valence-electron chi connectivity index (χ2n) is 4.62. The van der Waals surface area contributed by atoms with Crippen LogP contribution in [0.4, 0.5) is 5.69 Å². The Labute approximate surface area is 138 Å². The van der Waals surface area contributed by atoms with Gasteiger partial charge in [0.05, 0.1) is 24.8 Å². The maximum Gasteiger partial charge on any atom is 0.261 e. The fourth-order valence-electron chi connectivity index (χ4n) is 1.86. The molecule has 0 aromatic heterocycles. The summed E-state index contributed by atoms with van der Waals surface area (Å²) in [5.41, 5.74) is 1.21. The van der Waals surface area contributed by atoms with Gasteiger partial charge in [0.2, 0.25) is 0 Å². The molecule has 7 heteroatoms. The Morgan fingerprint density at radius 1 is 1.00 bits per heavy atom. The SMILES string of the molecule is COc1cc(NS(=O)(=O)c2ccc(Br)c(C)c2)cc(OC)c1. The first-order valence-electron chi connectivity index (χ1n) is 6.38. The molecule has 0 radical (unpaired) electrons. The van der Waals surface area contributed by atoms with Crippen LogP contribution in [-0.4, -0.2) is 22.6 Å². The van der Waals surface area contributed by atoms with Crippen molar-refractivity contribution in [3.63, 3.8) is 0 Å². The Bertz CT molecular complexity index is 768. The van der Waals surface area contributed by atoms with E-state index in [1.807, 2.05) is 6.92 Å². The highest BCUT2D eigenvalue weighted by molar-refractivity contribution is 9.10. The van der Waals surface area contributed by atoms with Crippen LogP contribution in [0.1, 0.15) is 5.56 Å². The summed E-state index contributed by atoms with van der Waals surface area (Å²) < 4.78 is 38.6. The van der Waals surface area contributed by atoms with Crippen LogP contribution < -0.4 is 14.2 Å². The quantitative estimate of drug-likeness (QED) is 0.853. The van der Waals surface area contributed by atoms with Crippen molar-refractivity contribution in [3.05, 3.63) is 46.4 Å². The highest BCUT2D eigenvalue weighted by atomic mass is 79.9. The first-order chi connectivity index (χ1) is 10.4. The molecular formula is C15H16BrNO4S. The van der Waals surface area contributed by atoms with Gasteiger partial charge in [0.15, 0.2) is 0 Å². The van der Waals surface area contributed by atoms with Gasteiger partial charge < -0.3 is 9.47 Å². The fourth-order valence-corrected chi connectivity index (χ4v) is 3.24. The number of methoxy groups -OCH3 is 2. The van der Waals surface area contributed by atoms with Crippen molar-refractivity contribution in [2.45, 2.75) is 11.8 Å². The number of hydrogen-bond donors (Lipinski definition) is 1. The lowest BCUT2D eigenvalue weighted by molar-refractivity contribution is 0.395. The summed E-state index contributed by atoms with van der Waals surface area (Å²) >= 11 is 3.35. The molecule has 22 heavy (non-hydrogen) atoms. The number of hydrogen-bond acceptors (Lipinski definition) is 4. The van der Waals surface area contributed by atoms with Crippen molar-refractivity contribution in [1.82, 2.24) is 0 Å². The van der Waals surface area contributed by atoms with Gasteiger partial charge in [-0.15, -0.1) is 0 Å². The van der Waals surface area contributed by atoms with Crippen molar-refractivity contribution in [2.24, 2.45) is 0 Å². The summed E-state index contributed by atoms with van der Waals surface area (Å²) in [7, 11) is -0.674. The van der Waals surface area contributed by atoms with E-state index in [0.717, 1.165) is 10.0 Å². The average molecular weight is 386 g/mol. The van der Waals surface area contributed by atoms with Crippen molar-refractivity contribution in [1.29, 1.82) is 0 Å². The molecule has 0 aliphatic heterocycles. The minimum absolute atomic E-state index is 0.190. The third-order valence-electron chi connectivity index (χ3n) is 3.04. The molecule has 0 aliphatic carbocycles. The summed E-state index contributed by atoms with van der Waals surface area (Å²) in [6.45, 7) is 1.83. The van der Waals surface area contributed by atoms with Crippen molar-refractivity contribution >= 4 is 31.6 Å². The number of benzene rings is 2. The predicted molar refractivity (Wildman–Crippen MR) is 89.2 cm³/mol. The van der Waals surface area contributed by atoms with E-state index in [1.54, 1.807) is 30.3 Å². The Hall–Kier alpha value is -1.73. The van der Waals surface area contributed by atoms with Crippen LogP contribution >= 0.6 is 15.9 Å². The topological polar surface area (TPSA) is 64.6 Å². The summed E-state index contributed by atoms with van der Waals surface area (Å²) in [6.07, 6.45) is 0. The maximum atomic E-state index is 12.5. The van der Waals surface area contributed by atoms with Gasteiger partial charge in [-0.3, -0.25) is 4.72 Å². The maximum absolute atomic E-state index is 12.5. The van der Waals surface area contributed by atoms with Gasteiger partial charge in [0, 0.05) is 22.7 Å². The second kappa shape index (κ2) is 6.58. The standard InChI is InChI=1S/C15H16BrNO4S/c1-10-6-14(4-5-15(10)16)22(18,19)17-11-7-12(20-2)9-13(8-11)21-3/h4-9,17H,1-3H3. The minimum atomic E-state index is -3.68. The molecule has 2 aromatic carbocycles. The number of sulfonamides is 1. The summed E-state index contributed by atoms with van der Waals surface area (Å²) in [6, 6.07) is 9.69. The zero-order chi connectivity index (χ0) is 16.3. The van der Waals surface area contributed by atoms with E-state index >= 15 is 0 Å². The van der Waals surface area contributed by atoms with Gasteiger partial charge in [0.1, 0.15) is 11.5 Å². The van der Waals surface area contributed by atoms with E-state index in [9.17, 15) is 8.42 Å². The molecule has 1 N–H and O–H groups in total. The van der Waals surface area contributed by atoms with Gasteiger partial charge in [-0.1, -0.05) is 15.9 Å². The van der Waals surface area contributed by atoms with E-state index in [-0.39, 0.29) is 4.90 Å². The third kappa shape index (κ3) is 3.72. The van der Waals surface area contributed by atoms with Gasteiger partial charge in [-0.25, -0.2) is 8.42 Å². The van der Waals surface area contributed by atoms with E-state index in [1.165, 1.54) is 20.3 Å². The zero-order valence-corrected chi connectivity index (χ0v) is 14.8. The number of nitrogens with one attached hydrogen (secondary N) is 1. The van der Waals surface area contributed by atoms with E-state index in [2.05, 4.69) is 20.7 Å². The first-order valence-corrected chi connectivity index (χ1v) is 8.65. The summed E-state index contributed by atoms with van der Waals surface area (Å²) in [5.74, 6) is 1.01. The van der Waals surface area contributed by atoms with E-state index < -0.39 is 10.0 Å². The van der Waals surface area contributed by atoms with Crippen LogP contribution in [0.2, 0.25) is 0 Å². The number of rotatable bonds is 5. The number of ether oxygens (including phenoxy) is 2. The molecule has 118 valence electrons. The van der Waals surface area contributed by atoms with Crippen LogP contribution in [0, 0.1) is 6.92 Å². The fraction of sp³-hybridized carbons (Fsp3) is 0.200. The van der Waals surface area contributed by atoms with Crippen LogP contribution in [0.15, 0.2) is 45.8 Å². The first kappa shape index (κ1) is 16.6. The molecule has 0 spiro atoms. The lowest BCUT2D eigenvalue weighted by Gasteiger charge is -2.12. The molecule has 0 bridgehead atoms. The molecule has 0 saturated carbocycles. The number of aryl methyl sites for hydroxylation is 1. The largest absolute Gasteiger partial charge is 0.497 e. The zero-order valence-electron chi connectivity index (χ0n) is 12.4. The summed E-state index contributed by atoms with van der Waals surface area (Å²) in [4.78, 5) is 0.190. The van der Waals surface area contributed by atoms with E-state index in [0.29, 0.717) is 17.2 Å². The molecular weight excluding hydrogens is 370 g/mol. The van der Waals surface area contributed by atoms with Crippen LogP contribution in [-0.2, 0) is 10.0 Å². The molecule has 2 aromatic rings. The Balaban J connectivity index is 2.37. The van der Waals surface area contributed by atoms with Crippen LogP contribution in [0.25, 0.3) is 0 Å². The Kier molecular flexibility index (Phi) is 4.97. The molecule has 5 nitrogen and oxygen atoms in total. The number of anilines is 1. The lowest BCUT2D eigenvalue weighted by atomic mass is 10.2. The van der Waals surface area contributed by atoms with Crippen molar-refractivity contribution < 1.29 is 17.9 Å². The smallest absolute Gasteiger partial charge is 0.261 e.